The predicted molar refractivity (Wildman–Crippen MR) is 99.8 cm³/mol. The zero-order chi connectivity index (χ0) is 19.7. The first kappa shape index (κ1) is 19.1. The molecule has 0 saturated carbocycles. The standard InChI is InChI=1S/C19H23N3O5S/c1-13-9-16(21-27-13)11-20-28(24,25)17-5-4-15-12-22(7-6-14(15)10-17)19(23)18-3-2-8-26-18/h4-5,9-10,18,20H,2-3,6-8,11-12H2,1H3/t18-/m1/s1. The van der Waals surface area contributed by atoms with E-state index in [-0.39, 0.29) is 23.5 Å². The van der Waals surface area contributed by atoms with Crippen LogP contribution in [0.25, 0.3) is 0 Å². The Balaban J connectivity index is 1.44. The normalized spacial score (nSPS) is 19.6. The summed E-state index contributed by atoms with van der Waals surface area (Å²) in [7, 11) is -3.66. The number of carbonyl (C=O) groups is 1. The van der Waals surface area contributed by atoms with Crippen LogP contribution in [0.4, 0.5) is 0 Å². The number of amides is 1. The minimum absolute atomic E-state index is 0.0319. The summed E-state index contributed by atoms with van der Waals surface area (Å²) in [5, 5.41) is 3.79. The number of hydrogen-bond donors (Lipinski definition) is 1. The number of aromatic nitrogens is 1. The van der Waals surface area contributed by atoms with E-state index in [2.05, 4.69) is 9.88 Å². The minimum Gasteiger partial charge on any atom is -0.368 e. The van der Waals surface area contributed by atoms with E-state index < -0.39 is 10.0 Å². The lowest BCUT2D eigenvalue weighted by Crippen LogP contribution is -2.42. The van der Waals surface area contributed by atoms with E-state index in [1.807, 2.05) is 0 Å². The molecule has 3 heterocycles. The molecular formula is C19H23N3O5S. The zero-order valence-electron chi connectivity index (χ0n) is 15.7. The monoisotopic (exact) mass is 405 g/mol. The molecule has 0 spiro atoms. The molecule has 1 atom stereocenters. The van der Waals surface area contributed by atoms with E-state index >= 15 is 0 Å². The average Bonchev–Trinajstić information content (AvgIpc) is 3.37. The summed E-state index contributed by atoms with van der Waals surface area (Å²) >= 11 is 0. The maximum Gasteiger partial charge on any atom is 0.252 e. The third-order valence-electron chi connectivity index (χ3n) is 5.14. The van der Waals surface area contributed by atoms with Gasteiger partial charge in [0, 0.05) is 25.8 Å². The first-order valence-electron chi connectivity index (χ1n) is 9.36. The molecule has 1 fully saturated rings. The maximum atomic E-state index is 12.6. The Morgan fingerprint density at radius 2 is 2.18 bits per heavy atom. The Morgan fingerprint density at radius 3 is 2.89 bits per heavy atom. The van der Waals surface area contributed by atoms with Crippen molar-refractivity contribution in [3.8, 4) is 0 Å². The van der Waals surface area contributed by atoms with Gasteiger partial charge in [-0.2, -0.15) is 0 Å². The number of sulfonamides is 1. The van der Waals surface area contributed by atoms with E-state index in [9.17, 15) is 13.2 Å². The highest BCUT2D eigenvalue weighted by molar-refractivity contribution is 7.89. The molecule has 4 rings (SSSR count). The molecule has 2 aliphatic heterocycles. The summed E-state index contributed by atoms with van der Waals surface area (Å²) in [5.74, 6) is 0.662. The molecule has 0 unspecified atom stereocenters. The Morgan fingerprint density at radius 1 is 1.32 bits per heavy atom. The molecule has 0 aliphatic carbocycles. The van der Waals surface area contributed by atoms with Crippen LogP contribution in [0.5, 0.6) is 0 Å². The summed E-state index contributed by atoms with van der Waals surface area (Å²) in [6.07, 6.45) is 1.99. The Hall–Kier alpha value is -2.23. The van der Waals surface area contributed by atoms with E-state index in [0.717, 1.165) is 24.0 Å². The molecule has 2 aromatic rings. The molecule has 28 heavy (non-hydrogen) atoms. The van der Waals surface area contributed by atoms with Gasteiger partial charge in [-0.3, -0.25) is 4.79 Å². The zero-order valence-corrected chi connectivity index (χ0v) is 16.5. The van der Waals surface area contributed by atoms with Crippen LogP contribution < -0.4 is 4.72 Å². The van der Waals surface area contributed by atoms with Crippen LogP contribution in [0.15, 0.2) is 33.7 Å². The second-order valence-corrected chi connectivity index (χ2v) is 8.96. The summed E-state index contributed by atoms with van der Waals surface area (Å²) < 4.78 is 38.2. The van der Waals surface area contributed by atoms with Gasteiger partial charge in [0.15, 0.2) is 0 Å². The van der Waals surface area contributed by atoms with Crippen molar-refractivity contribution in [2.24, 2.45) is 0 Å². The highest BCUT2D eigenvalue weighted by Gasteiger charge is 2.30. The van der Waals surface area contributed by atoms with Crippen LogP contribution in [0.1, 0.15) is 35.4 Å². The quantitative estimate of drug-likeness (QED) is 0.809. The van der Waals surface area contributed by atoms with Crippen molar-refractivity contribution in [3.05, 3.63) is 46.8 Å². The molecule has 1 N–H and O–H groups in total. The van der Waals surface area contributed by atoms with Crippen LogP contribution in [-0.4, -0.2) is 43.6 Å². The van der Waals surface area contributed by atoms with Crippen molar-refractivity contribution in [1.82, 2.24) is 14.8 Å². The van der Waals surface area contributed by atoms with Crippen molar-refractivity contribution in [2.75, 3.05) is 13.2 Å². The molecule has 2 aliphatic rings. The fourth-order valence-electron chi connectivity index (χ4n) is 3.61. The average molecular weight is 405 g/mol. The first-order valence-corrected chi connectivity index (χ1v) is 10.8. The first-order chi connectivity index (χ1) is 13.4. The van der Waals surface area contributed by atoms with Gasteiger partial charge in [-0.05, 0) is 49.4 Å². The topological polar surface area (TPSA) is 102 Å². The molecule has 0 bridgehead atoms. The number of ether oxygens (including phenoxy) is 1. The summed E-state index contributed by atoms with van der Waals surface area (Å²) in [5.41, 5.74) is 2.46. The summed E-state index contributed by atoms with van der Waals surface area (Å²) in [6.45, 7) is 3.52. The largest absolute Gasteiger partial charge is 0.368 e. The summed E-state index contributed by atoms with van der Waals surface area (Å²) in [6, 6.07) is 6.75. The third kappa shape index (κ3) is 3.96. The lowest BCUT2D eigenvalue weighted by molar-refractivity contribution is -0.141. The minimum atomic E-state index is -3.66. The lowest BCUT2D eigenvalue weighted by Gasteiger charge is -2.30. The Labute approximate surface area is 163 Å². The number of fused-ring (bicyclic) bond motifs is 1. The highest BCUT2D eigenvalue weighted by Crippen LogP contribution is 2.25. The number of nitrogens with zero attached hydrogens (tertiary/aromatic N) is 2. The van der Waals surface area contributed by atoms with Crippen LogP contribution in [0, 0.1) is 6.92 Å². The second kappa shape index (κ2) is 7.65. The van der Waals surface area contributed by atoms with Crippen molar-refractivity contribution < 1.29 is 22.5 Å². The maximum absolute atomic E-state index is 12.6. The smallest absolute Gasteiger partial charge is 0.252 e. The van der Waals surface area contributed by atoms with Gasteiger partial charge in [-0.15, -0.1) is 0 Å². The van der Waals surface area contributed by atoms with E-state index in [0.29, 0.717) is 37.6 Å². The number of rotatable bonds is 5. The van der Waals surface area contributed by atoms with Gasteiger partial charge >= 0.3 is 0 Å². The highest BCUT2D eigenvalue weighted by atomic mass is 32.2. The number of nitrogens with one attached hydrogen (secondary N) is 1. The van der Waals surface area contributed by atoms with E-state index in [1.165, 1.54) is 0 Å². The van der Waals surface area contributed by atoms with E-state index in [4.69, 9.17) is 9.26 Å². The van der Waals surface area contributed by atoms with Gasteiger partial charge in [-0.25, -0.2) is 13.1 Å². The second-order valence-electron chi connectivity index (χ2n) is 7.20. The van der Waals surface area contributed by atoms with Crippen LogP contribution in [-0.2, 0) is 39.1 Å². The molecule has 0 radical (unpaired) electrons. The van der Waals surface area contributed by atoms with Crippen LogP contribution in [0.3, 0.4) is 0 Å². The van der Waals surface area contributed by atoms with Gasteiger partial charge in [0.25, 0.3) is 5.91 Å². The molecule has 1 amide bonds. The van der Waals surface area contributed by atoms with Crippen LogP contribution in [0.2, 0.25) is 0 Å². The van der Waals surface area contributed by atoms with Crippen molar-refractivity contribution in [2.45, 2.75) is 50.3 Å². The predicted octanol–water partition coefficient (Wildman–Crippen LogP) is 1.53. The molecule has 1 saturated heterocycles. The molecule has 9 heteroatoms. The number of aryl methyl sites for hydroxylation is 1. The SMILES string of the molecule is Cc1cc(CNS(=O)(=O)c2ccc3c(c2)CCN(C(=O)[C@H]2CCCO2)C3)no1. The van der Waals surface area contributed by atoms with Crippen molar-refractivity contribution >= 4 is 15.9 Å². The fraction of sp³-hybridized carbons (Fsp3) is 0.474. The van der Waals surface area contributed by atoms with Crippen molar-refractivity contribution in [1.29, 1.82) is 0 Å². The number of hydrogen-bond acceptors (Lipinski definition) is 6. The van der Waals surface area contributed by atoms with Gasteiger partial charge in [0.2, 0.25) is 10.0 Å². The van der Waals surface area contributed by atoms with Gasteiger partial charge < -0.3 is 14.2 Å². The van der Waals surface area contributed by atoms with Gasteiger partial charge in [0.1, 0.15) is 11.9 Å². The molecular weight excluding hydrogens is 382 g/mol. The molecule has 8 nitrogen and oxygen atoms in total. The van der Waals surface area contributed by atoms with E-state index in [1.54, 1.807) is 36.1 Å². The fourth-order valence-corrected chi connectivity index (χ4v) is 4.66. The third-order valence-corrected chi connectivity index (χ3v) is 6.54. The van der Waals surface area contributed by atoms with Crippen molar-refractivity contribution in [3.63, 3.8) is 0 Å². The summed E-state index contributed by atoms with van der Waals surface area (Å²) in [4.78, 5) is 14.6. The van der Waals surface area contributed by atoms with Crippen LogP contribution >= 0.6 is 0 Å². The number of benzene rings is 1. The molecule has 1 aromatic carbocycles. The lowest BCUT2D eigenvalue weighted by atomic mass is 9.99. The molecule has 1 aromatic heterocycles. The number of carbonyl (C=O) groups excluding carboxylic acids is 1. The van der Waals surface area contributed by atoms with Gasteiger partial charge in [0.05, 0.1) is 17.1 Å². The molecule has 150 valence electrons. The Bertz CT molecular complexity index is 979. The Kier molecular flexibility index (Phi) is 5.22. The van der Waals surface area contributed by atoms with Gasteiger partial charge in [-0.1, -0.05) is 11.2 Å².